The van der Waals surface area contributed by atoms with Crippen LogP contribution in [0.3, 0.4) is 0 Å². The van der Waals surface area contributed by atoms with Crippen LogP contribution in [0.2, 0.25) is 0 Å². The summed E-state index contributed by atoms with van der Waals surface area (Å²) < 4.78 is 0. The second-order valence-electron chi connectivity index (χ2n) is 4.91. The minimum Gasteiger partial charge on any atom is -0.336 e. The lowest BCUT2D eigenvalue weighted by Crippen LogP contribution is -2.46. The third-order valence-corrected chi connectivity index (χ3v) is 5.65. The summed E-state index contributed by atoms with van der Waals surface area (Å²) in [4.78, 5) is 17.0. The summed E-state index contributed by atoms with van der Waals surface area (Å²) in [5, 5.41) is 5.37. The zero-order chi connectivity index (χ0) is 14.5. The van der Waals surface area contributed by atoms with Gasteiger partial charge >= 0.3 is 0 Å². The highest BCUT2D eigenvalue weighted by molar-refractivity contribution is 7.98. The minimum absolute atomic E-state index is 0. The van der Waals surface area contributed by atoms with E-state index in [1.54, 1.807) is 23.1 Å². The first-order valence-corrected chi connectivity index (χ1v) is 8.95. The van der Waals surface area contributed by atoms with Gasteiger partial charge in [-0.25, -0.2) is 0 Å². The van der Waals surface area contributed by atoms with E-state index >= 15 is 0 Å². The van der Waals surface area contributed by atoms with Gasteiger partial charge in [0.2, 0.25) is 0 Å². The van der Waals surface area contributed by atoms with E-state index in [2.05, 4.69) is 22.8 Å². The molecule has 1 amide bonds. The molecule has 2 aromatic rings. The first-order chi connectivity index (χ1) is 10.3. The second kappa shape index (κ2) is 8.58. The van der Waals surface area contributed by atoms with Gasteiger partial charge in [0.25, 0.3) is 5.91 Å². The van der Waals surface area contributed by atoms with Gasteiger partial charge in [0, 0.05) is 41.7 Å². The van der Waals surface area contributed by atoms with Gasteiger partial charge in [-0.1, -0.05) is 18.2 Å². The Morgan fingerprint density at radius 1 is 1.18 bits per heavy atom. The zero-order valence-corrected chi connectivity index (χ0v) is 14.6. The number of nitrogens with one attached hydrogen (secondary N) is 1. The van der Waals surface area contributed by atoms with Gasteiger partial charge in [-0.3, -0.25) is 4.79 Å². The fraction of sp³-hybridized carbons (Fsp3) is 0.312. The Bertz CT molecular complexity index is 598. The second-order valence-corrected chi connectivity index (χ2v) is 6.96. The van der Waals surface area contributed by atoms with E-state index < -0.39 is 0 Å². The molecule has 3 rings (SSSR count). The molecular weight excluding hydrogens is 336 g/mol. The monoisotopic (exact) mass is 354 g/mol. The van der Waals surface area contributed by atoms with Crippen molar-refractivity contribution in [1.29, 1.82) is 0 Å². The molecule has 0 aliphatic carbocycles. The highest BCUT2D eigenvalue weighted by Crippen LogP contribution is 2.28. The van der Waals surface area contributed by atoms with Gasteiger partial charge in [0.1, 0.15) is 0 Å². The van der Waals surface area contributed by atoms with Crippen LogP contribution in [0.25, 0.3) is 0 Å². The number of thioether (sulfide) groups is 1. The van der Waals surface area contributed by atoms with E-state index in [1.807, 2.05) is 29.2 Å². The lowest BCUT2D eigenvalue weighted by molar-refractivity contribution is 0.0732. The third-order valence-electron chi connectivity index (χ3n) is 3.47. The lowest BCUT2D eigenvalue weighted by Gasteiger charge is -2.28. The van der Waals surface area contributed by atoms with Crippen LogP contribution in [-0.2, 0) is 5.75 Å². The number of nitrogens with zero attached hydrogens (tertiary/aromatic N) is 1. The van der Waals surface area contributed by atoms with Crippen LogP contribution in [0.1, 0.15) is 15.2 Å². The number of carbonyl (C=O) groups excluding carboxylic acids is 1. The summed E-state index contributed by atoms with van der Waals surface area (Å²) in [7, 11) is 0. The average molecular weight is 355 g/mol. The van der Waals surface area contributed by atoms with Gasteiger partial charge in [0.15, 0.2) is 0 Å². The van der Waals surface area contributed by atoms with Crippen molar-refractivity contribution in [3.8, 4) is 0 Å². The Morgan fingerprint density at radius 2 is 1.95 bits per heavy atom. The normalized spacial score (nSPS) is 14.5. The van der Waals surface area contributed by atoms with E-state index in [0.29, 0.717) is 0 Å². The number of piperazine rings is 1. The Morgan fingerprint density at radius 3 is 2.68 bits per heavy atom. The molecule has 1 aromatic carbocycles. The third kappa shape index (κ3) is 4.26. The largest absolute Gasteiger partial charge is 0.336 e. The van der Waals surface area contributed by atoms with Crippen molar-refractivity contribution in [1.82, 2.24) is 10.2 Å². The number of benzene rings is 1. The van der Waals surface area contributed by atoms with E-state index in [9.17, 15) is 4.79 Å². The number of halogens is 1. The smallest absolute Gasteiger partial charge is 0.255 e. The van der Waals surface area contributed by atoms with E-state index in [1.165, 1.54) is 4.88 Å². The molecule has 22 heavy (non-hydrogen) atoms. The number of carbonyl (C=O) groups is 1. The minimum atomic E-state index is 0. The van der Waals surface area contributed by atoms with Crippen molar-refractivity contribution in [2.24, 2.45) is 0 Å². The summed E-state index contributed by atoms with van der Waals surface area (Å²) in [6.07, 6.45) is 0. The molecule has 6 heteroatoms. The van der Waals surface area contributed by atoms with Crippen molar-refractivity contribution >= 4 is 41.4 Å². The Labute approximate surface area is 145 Å². The molecule has 0 atom stereocenters. The first-order valence-electron chi connectivity index (χ1n) is 7.09. The maximum Gasteiger partial charge on any atom is 0.255 e. The molecule has 0 bridgehead atoms. The number of hydrogen-bond donors (Lipinski definition) is 1. The quantitative estimate of drug-likeness (QED) is 0.853. The molecule has 0 unspecified atom stereocenters. The summed E-state index contributed by atoms with van der Waals surface area (Å²) in [5.41, 5.74) is 0.834. The van der Waals surface area contributed by atoms with Crippen LogP contribution >= 0.6 is 35.5 Å². The van der Waals surface area contributed by atoms with Crippen LogP contribution in [-0.4, -0.2) is 37.0 Å². The molecule has 0 spiro atoms. The topological polar surface area (TPSA) is 32.3 Å². The summed E-state index contributed by atoms with van der Waals surface area (Å²) >= 11 is 3.50. The molecule has 0 saturated carbocycles. The summed E-state index contributed by atoms with van der Waals surface area (Å²) in [5.74, 6) is 1.08. The van der Waals surface area contributed by atoms with Gasteiger partial charge in [-0.05, 0) is 23.6 Å². The Kier molecular flexibility index (Phi) is 6.76. The van der Waals surface area contributed by atoms with Gasteiger partial charge in [0.05, 0.1) is 5.56 Å². The lowest BCUT2D eigenvalue weighted by atomic mass is 10.2. The molecule has 1 aromatic heterocycles. The fourth-order valence-corrected chi connectivity index (χ4v) is 4.17. The predicted octanol–water partition coefficient (Wildman–Crippen LogP) is 3.51. The van der Waals surface area contributed by atoms with Gasteiger partial charge in [-0.15, -0.1) is 35.5 Å². The van der Waals surface area contributed by atoms with Crippen LogP contribution in [0, 0.1) is 0 Å². The van der Waals surface area contributed by atoms with E-state index in [4.69, 9.17) is 0 Å². The standard InChI is InChI=1S/C16H18N2OS2.ClH/c19-16(18-9-7-17-8-10-18)14-5-1-2-6-15(14)21-12-13-4-3-11-20-13;/h1-6,11,17H,7-10,12H2;1H. The van der Waals surface area contributed by atoms with Crippen LogP contribution in [0.4, 0.5) is 0 Å². The number of amides is 1. The van der Waals surface area contributed by atoms with Crippen LogP contribution < -0.4 is 5.32 Å². The summed E-state index contributed by atoms with van der Waals surface area (Å²) in [6.45, 7) is 3.36. The Balaban J connectivity index is 0.00000176. The first kappa shape index (κ1) is 17.3. The molecule has 1 aliphatic heterocycles. The highest BCUT2D eigenvalue weighted by Gasteiger charge is 2.20. The molecule has 1 saturated heterocycles. The summed E-state index contributed by atoms with van der Waals surface area (Å²) in [6, 6.07) is 12.2. The van der Waals surface area contributed by atoms with Gasteiger partial charge in [-0.2, -0.15) is 0 Å². The van der Waals surface area contributed by atoms with Crippen molar-refractivity contribution in [2.45, 2.75) is 10.6 Å². The van der Waals surface area contributed by atoms with E-state index in [-0.39, 0.29) is 18.3 Å². The van der Waals surface area contributed by atoms with Crippen molar-refractivity contribution < 1.29 is 4.79 Å². The highest BCUT2D eigenvalue weighted by atomic mass is 35.5. The van der Waals surface area contributed by atoms with Crippen molar-refractivity contribution in [3.63, 3.8) is 0 Å². The molecule has 2 heterocycles. The van der Waals surface area contributed by atoms with Crippen molar-refractivity contribution in [3.05, 3.63) is 52.2 Å². The maximum atomic E-state index is 12.7. The SMILES string of the molecule is Cl.O=C(c1ccccc1SCc1cccs1)N1CCNCC1. The number of thiophene rings is 1. The average Bonchev–Trinajstić information content (AvgIpc) is 3.07. The van der Waals surface area contributed by atoms with E-state index in [0.717, 1.165) is 42.4 Å². The van der Waals surface area contributed by atoms with Crippen molar-refractivity contribution in [2.75, 3.05) is 26.2 Å². The molecule has 0 radical (unpaired) electrons. The van der Waals surface area contributed by atoms with Crippen LogP contribution in [0.5, 0.6) is 0 Å². The number of hydrogen-bond acceptors (Lipinski definition) is 4. The van der Waals surface area contributed by atoms with Gasteiger partial charge < -0.3 is 10.2 Å². The maximum absolute atomic E-state index is 12.7. The molecule has 1 N–H and O–H groups in total. The molecule has 1 aliphatic rings. The predicted molar refractivity (Wildman–Crippen MR) is 96.3 cm³/mol. The molecule has 3 nitrogen and oxygen atoms in total. The zero-order valence-electron chi connectivity index (χ0n) is 12.2. The Hall–Kier alpha value is -1.01. The number of rotatable bonds is 4. The van der Waals surface area contributed by atoms with Crippen LogP contribution in [0.15, 0.2) is 46.7 Å². The molecular formula is C16H19ClN2OS2. The molecule has 1 fully saturated rings. The molecule has 118 valence electrons. The fourth-order valence-electron chi connectivity index (χ4n) is 2.35.